The van der Waals surface area contributed by atoms with Crippen LogP contribution in [0.2, 0.25) is 0 Å². The van der Waals surface area contributed by atoms with E-state index in [9.17, 15) is 0 Å². The third kappa shape index (κ3) is 2.09. The summed E-state index contributed by atoms with van der Waals surface area (Å²) in [7, 11) is 2.08. The molecule has 0 saturated carbocycles. The number of hydrogen-bond acceptors (Lipinski definition) is 3. The van der Waals surface area contributed by atoms with E-state index < -0.39 is 5.91 Å². The van der Waals surface area contributed by atoms with Gasteiger partial charge < -0.3 is 9.47 Å². The van der Waals surface area contributed by atoms with E-state index in [1.54, 1.807) is 0 Å². The maximum Gasteiger partial charge on any atom is 0.258 e. The smallest absolute Gasteiger partial charge is 0.258 e. The fourth-order valence-electron chi connectivity index (χ4n) is 3.18. The van der Waals surface area contributed by atoms with Crippen LogP contribution in [-0.4, -0.2) is 31.7 Å². The van der Waals surface area contributed by atoms with Crippen LogP contribution in [0.25, 0.3) is 0 Å². The fourth-order valence-corrected chi connectivity index (χ4v) is 3.18. The van der Waals surface area contributed by atoms with Crippen molar-refractivity contribution in [1.29, 1.82) is 0 Å². The Morgan fingerprint density at radius 2 is 1.60 bits per heavy atom. The van der Waals surface area contributed by atoms with Crippen molar-refractivity contribution < 1.29 is 9.47 Å². The van der Waals surface area contributed by atoms with Crippen molar-refractivity contribution in [3.05, 3.63) is 35.4 Å². The Hall–Kier alpha value is -0.900. The van der Waals surface area contributed by atoms with Crippen LogP contribution in [0.5, 0.6) is 0 Å². The highest BCUT2D eigenvalue weighted by molar-refractivity contribution is 5.30. The molecule has 3 aliphatic heterocycles. The lowest BCUT2D eigenvalue weighted by Gasteiger charge is -2.56. The van der Waals surface area contributed by atoms with Gasteiger partial charge in [0.15, 0.2) is 0 Å². The van der Waals surface area contributed by atoms with E-state index in [1.165, 1.54) is 5.56 Å². The van der Waals surface area contributed by atoms with Crippen LogP contribution in [0.15, 0.2) is 24.3 Å². The van der Waals surface area contributed by atoms with Crippen molar-refractivity contribution in [3.8, 4) is 0 Å². The Balaban J connectivity index is 1.93. The van der Waals surface area contributed by atoms with Gasteiger partial charge in [-0.1, -0.05) is 52.0 Å². The predicted molar refractivity (Wildman–Crippen MR) is 79.5 cm³/mol. The second kappa shape index (κ2) is 4.30. The van der Waals surface area contributed by atoms with E-state index in [2.05, 4.69) is 63.9 Å². The first kappa shape index (κ1) is 14.1. The Morgan fingerprint density at radius 1 is 1.05 bits per heavy atom. The minimum atomic E-state index is -0.686. The third-order valence-corrected chi connectivity index (χ3v) is 4.47. The molecule has 0 N–H and O–H groups in total. The molecule has 3 nitrogen and oxygen atoms in total. The number of nitrogens with zero attached hydrogens (tertiary/aromatic N) is 1. The molecule has 1 aromatic carbocycles. The normalized spacial score (nSPS) is 34.5. The van der Waals surface area contributed by atoms with Crippen molar-refractivity contribution in [2.45, 2.75) is 39.0 Å². The van der Waals surface area contributed by atoms with Gasteiger partial charge >= 0.3 is 0 Å². The van der Waals surface area contributed by atoms with E-state index >= 15 is 0 Å². The standard InChI is InChI=1S/C17H25NO2/c1-15(2,3)13-6-8-14(9-7-13)17-18(5)10-16(4,11-19-17)12-20-17/h6-9H,10-12H2,1-5H3. The maximum absolute atomic E-state index is 6.10. The molecule has 4 rings (SSSR count). The molecule has 3 fully saturated rings. The van der Waals surface area contributed by atoms with E-state index in [1.807, 2.05) is 0 Å². The molecule has 3 aliphatic rings. The van der Waals surface area contributed by atoms with Crippen LogP contribution >= 0.6 is 0 Å². The number of benzene rings is 1. The highest BCUT2D eigenvalue weighted by atomic mass is 16.7. The van der Waals surface area contributed by atoms with E-state index in [0.29, 0.717) is 0 Å². The molecule has 0 aromatic heterocycles. The molecule has 0 unspecified atom stereocenters. The van der Waals surface area contributed by atoms with Crippen molar-refractivity contribution in [3.63, 3.8) is 0 Å². The minimum Gasteiger partial charge on any atom is -0.333 e. The zero-order valence-corrected chi connectivity index (χ0v) is 13.2. The molecule has 0 radical (unpaired) electrons. The van der Waals surface area contributed by atoms with Crippen LogP contribution < -0.4 is 0 Å². The monoisotopic (exact) mass is 275 g/mol. The molecule has 0 aliphatic carbocycles. The molecule has 110 valence electrons. The number of fused-ring (bicyclic) bond motifs is 3. The highest BCUT2D eigenvalue weighted by Gasteiger charge is 2.53. The van der Waals surface area contributed by atoms with Crippen molar-refractivity contribution in [1.82, 2.24) is 4.90 Å². The zero-order chi connectivity index (χ0) is 14.6. The molecule has 0 spiro atoms. The molecular weight excluding hydrogens is 250 g/mol. The lowest BCUT2D eigenvalue weighted by Crippen LogP contribution is -2.65. The van der Waals surface area contributed by atoms with E-state index in [0.717, 1.165) is 25.3 Å². The summed E-state index contributed by atoms with van der Waals surface area (Å²) in [5.41, 5.74) is 2.72. The summed E-state index contributed by atoms with van der Waals surface area (Å²) in [6.45, 7) is 11.4. The molecule has 0 amide bonds. The van der Waals surface area contributed by atoms with Crippen molar-refractivity contribution >= 4 is 0 Å². The van der Waals surface area contributed by atoms with Gasteiger partial charge in [-0.05, 0) is 18.0 Å². The number of hydrogen-bond donors (Lipinski definition) is 0. The Labute approximate surface area is 121 Å². The Bertz CT molecular complexity index is 493. The van der Waals surface area contributed by atoms with Gasteiger partial charge in [0.25, 0.3) is 5.91 Å². The molecular formula is C17H25NO2. The van der Waals surface area contributed by atoms with E-state index in [4.69, 9.17) is 9.47 Å². The minimum absolute atomic E-state index is 0.127. The largest absolute Gasteiger partial charge is 0.333 e. The Morgan fingerprint density at radius 3 is 2.05 bits per heavy atom. The van der Waals surface area contributed by atoms with Gasteiger partial charge in [0.05, 0.1) is 13.2 Å². The lowest BCUT2D eigenvalue weighted by atomic mass is 9.85. The third-order valence-electron chi connectivity index (χ3n) is 4.47. The van der Waals surface area contributed by atoms with Gasteiger partial charge in [-0.15, -0.1) is 0 Å². The van der Waals surface area contributed by atoms with Gasteiger partial charge in [-0.25, -0.2) is 0 Å². The predicted octanol–water partition coefficient (Wildman–Crippen LogP) is 3.09. The SMILES string of the molecule is CN1CC2(C)COC1(c1ccc(C(C)(C)C)cc1)OC2. The maximum atomic E-state index is 6.10. The van der Waals surface area contributed by atoms with Gasteiger partial charge in [0, 0.05) is 17.5 Å². The quantitative estimate of drug-likeness (QED) is 0.786. The van der Waals surface area contributed by atoms with Gasteiger partial charge in [0.2, 0.25) is 0 Å². The van der Waals surface area contributed by atoms with Crippen LogP contribution in [-0.2, 0) is 20.8 Å². The first-order chi connectivity index (χ1) is 9.25. The van der Waals surface area contributed by atoms with Crippen molar-refractivity contribution in [2.75, 3.05) is 26.8 Å². The zero-order valence-electron chi connectivity index (χ0n) is 13.2. The lowest BCUT2D eigenvalue weighted by molar-refractivity contribution is -0.412. The summed E-state index contributed by atoms with van der Waals surface area (Å²) in [6, 6.07) is 8.66. The summed E-state index contributed by atoms with van der Waals surface area (Å²) < 4.78 is 12.2. The topological polar surface area (TPSA) is 21.7 Å². The first-order valence-corrected chi connectivity index (χ1v) is 7.35. The molecule has 1 aromatic rings. The molecule has 3 heterocycles. The second-order valence-electron chi connectivity index (χ2n) is 7.65. The molecule has 0 atom stereocenters. The number of rotatable bonds is 1. The second-order valence-corrected chi connectivity index (χ2v) is 7.65. The first-order valence-electron chi connectivity index (χ1n) is 7.35. The Kier molecular flexibility index (Phi) is 3.02. The van der Waals surface area contributed by atoms with Crippen LogP contribution in [0.1, 0.15) is 38.8 Å². The summed E-state index contributed by atoms with van der Waals surface area (Å²) in [5, 5.41) is 0. The molecule has 3 saturated heterocycles. The fraction of sp³-hybridized carbons (Fsp3) is 0.647. The summed E-state index contributed by atoms with van der Waals surface area (Å²) in [5.74, 6) is -0.686. The van der Waals surface area contributed by atoms with Crippen LogP contribution in [0.3, 0.4) is 0 Å². The highest BCUT2D eigenvalue weighted by Crippen LogP contribution is 2.45. The molecule has 20 heavy (non-hydrogen) atoms. The molecule has 3 heteroatoms. The summed E-state index contributed by atoms with van der Waals surface area (Å²) >= 11 is 0. The summed E-state index contributed by atoms with van der Waals surface area (Å²) in [4.78, 5) is 2.19. The van der Waals surface area contributed by atoms with Gasteiger partial charge in [-0.2, -0.15) is 0 Å². The van der Waals surface area contributed by atoms with Gasteiger partial charge in [0.1, 0.15) is 0 Å². The number of ether oxygens (including phenoxy) is 2. The van der Waals surface area contributed by atoms with Crippen molar-refractivity contribution in [2.24, 2.45) is 5.41 Å². The average molecular weight is 275 g/mol. The van der Waals surface area contributed by atoms with Crippen LogP contribution in [0.4, 0.5) is 0 Å². The van der Waals surface area contributed by atoms with Gasteiger partial charge in [-0.3, -0.25) is 4.90 Å². The van der Waals surface area contributed by atoms with Crippen LogP contribution in [0, 0.1) is 5.41 Å². The average Bonchev–Trinajstić information content (AvgIpc) is 2.38. The molecule has 2 bridgehead atoms. The summed E-state index contributed by atoms with van der Waals surface area (Å²) in [6.07, 6.45) is 0. The van der Waals surface area contributed by atoms with E-state index in [-0.39, 0.29) is 10.8 Å².